The molecule has 80 valence electrons. The molecule has 0 radical (unpaired) electrons. The Labute approximate surface area is 83.5 Å². The summed E-state index contributed by atoms with van der Waals surface area (Å²) in [6.45, 7) is 6.69. The van der Waals surface area contributed by atoms with E-state index in [2.05, 4.69) is 20.8 Å². The average Bonchev–Trinajstić information content (AvgIpc) is 2.08. The van der Waals surface area contributed by atoms with Crippen LogP contribution in [0, 0.1) is 5.92 Å². The molecule has 0 fully saturated rings. The quantitative estimate of drug-likeness (QED) is 0.572. The van der Waals surface area contributed by atoms with Gasteiger partial charge in [0.2, 0.25) is 0 Å². The molecule has 0 aliphatic heterocycles. The van der Waals surface area contributed by atoms with Crippen molar-refractivity contribution < 1.29 is 5.11 Å². The molecular formula is C12H26O. The molecule has 0 aliphatic carbocycles. The van der Waals surface area contributed by atoms with Crippen LogP contribution in [0.15, 0.2) is 0 Å². The highest BCUT2D eigenvalue weighted by atomic mass is 16.3. The molecular weight excluding hydrogens is 160 g/mol. The Hall–Kier alpha value is -0.0400. The molecule has 0 heterocycles. The van der Waals surface area contributed by atoms with Gasteiger partial charge in [0.25, 0.3) is 0 Å². The lowest BCUT2D eigenvalue weighted by Crippen LogP contribution is -2.05. The van der Waals surface area contributed by atoms with E-state index in [1.54, 1.807) is 0 Å². The van der Waals surface area contributed by atoms with Crippen molar-refractivity contribution in [1.29, 1.82) is 0 Å². The van der Waals surface area contributed by atoms with E-state index in [1.807, 2.05) is 0 Å². The second-order valence-electron chi connectivity index (χ2n) is 4.47. The molecule has 1 nitrogen and oxygen atoms in total. The van der Waals surface area contributed by atoms with E-state index in [1.165, 1.54) is 32.1 Å². The maximum Gasteiger partial charge on any atom is 0.0540 e. The average molecular weight is 186 g/mol. The highest BCUT2D eigenvalue weighted by Crippen LogP contribution is 2.12. The highest BCUT2D eigenvalue weighted by Gasteiger charge is 2.02. The van der Waals surface area contributed by atoms with Crippen LogP contribution in [-0.2, 0) is 0 Å². The van der Waals surface area contributed by atoms with Crippen molar-refractivity contribution in [1.82, 2.24) is 0 Å². The van der Waals surface area contributed by atoms with E-state index in [9.17, 15) is 5.11 Å². The second-order valence-corrected chi connectivity index (χ2v) is 4.47. The van der Waals surface area contributed by atoms with Gasteiger partial charge in [-0.1, -0.05) is 52.9 Å². The summed E-state index contributed by atoms with van der Waals surface area (Å²) >= 11 is 0. The summed E-state index contributed by atoms with van der Waals surface area (Å²) in [7, 11) is 0. The number of rotatable bonds is 8. The molecule has 0 amide bonds. The Morgan fingerprint density at radius 3 is 2.00 bits per heavy atom. The monoisotopic (exact) mass is 186 g/mol. The Balaban J connectivity index is 3.12. The van der Waals surface area contributed by atoms with Crippen molar-refractivity contribution in [2.45, 2.75) is 71.8 Å². The van der Waals surface area contributed by atoms with Gasteiger partial charge in [-0.2, -0.15) is 0 Å². The molecule has 0 bridgehead atoms. The fourth-order valence-corrected chi connectivity index (χ4v) is 1.52. The Bertz CT molecular complexity index is 99.3. The summed E-state index contributed by atoms with van der Waals surface area (Å²) in [5, 5.41) is 9.55. The van der Waals surface area contributed by atoms with E-state index in [-0.39, 0.29) is 6.10 Å². The number of hydrogen-bond donors (Lipinski definition) is 1. The van der Waals surface area contributed by atoms with Crippen LogP contribution in [-0.4, -0.2) is 11.2 Å². The predicted molar refractivity (Wildman–Crippen MR) is 58.8 cm³/mol. The van der Waals surface area contributed by atoms with E-state index in [0.717, 1.165) is 18.8 Å². The molecule has 0 rings (SSSR count). The van der Waals surface area contributed by atoms with Gasteiger partial charge in [0.05, 0.1) is 6.10 Å². The molecule has 0 saturated carbocycles. The maximum absolute atomic E-state index is 9.55. The van der Waals surface area contributed by atoms with Gasteiger partial charge in [-0.05, 0) is 18.8 Å². The Kier molecular flexibility index (Phi) is 8.53. The SMILES string of the molecule is CCCCC(O)CCCCC(C)C. The second kappa shape index (κ2) is 8.55. The summed E-state index contributed by atoms with van der Waals surface area (Å²) in [4.78, 5) is 0. The summed E-state index contributed by atoms with van der Waals surface area (Å²) < 4.78 is 0. The van der Waals surface area contributed by atoms with Gasteiger partial charge in [0, 0.05) is 0 Å². The zero-order valence-electron chi connectivity index (χ0n) is 9.55. The number of unbranched alkanes of at least 4 members (excludes halogenated alkanes) is 2. The van der Waals surface area contributed by atoms with Crippen LogP contribution in [0.3, 0.4) is 0 Å². The van der Waals surface area contributed by atoms with E-state index in [0.29, 0.717) is 0 Å². The number of aliphatic hydroxyl groups is 1. The molecule has 1 atom stereocenters. The Morgan fingerprint density at radius 1 is 0.923 bits per heavy atom. The lowest BCUT2D eigenvalue weighted by Gasteiger charge is -2.10. The minimum absolute atomic E-state index is 0.0351. The number of hydrogen-bond acceptors (Lipinski definition) is 1. The van der Waals surface area contributed by atoms with Gasteiger partial charge in [-0.25, -0.2) is 0 Å². The van der Waals surface area contributed by atoms with Crippen LogP contribution in [0.2, 0.25) is 0 Å². The van der Waals surface area contributed by atoms with Crippen LogP contribution < -0.4 is 0 Å². The minimum atomic E-state index is -0.0351. The van der Waals surface area contributed by atoms with Crippen molar-refractivity contribution in [2.24, 2.45) is 5.92 Å². The van der Waals surface area contributed by atoms with Crippen molar-refractivity contribution >= 4 is 0 Å². The summed E-state index contributed by atoms with van der Waals surface area (Å²) in [6, 6.07) is 0. The highest BCUT2D eigenvalue weighted by molar-refractivity contribution is 4.56. The predicted octanol–water partition coefficient (Wildman–Crippen LogP) is 3.75. The van der Waals surface area contributed by atoms with Crippen LogP contribution >= 0.6 is 0 Å². The van der Waals surface area contributed by atoms with Crippen molar-refractivity contribution in [2.75, 3.05) is 0 Å². The fraction of sp³-hybridized carbons (Fsp3) is 1.00. The molecule has 0 aliphatic rings. The van der Waals surface area contributed by atoms with Crippen LogP contribution in [0.4, 0.5) is 0 Å². The smallest absolute Gasteiger partial charge is 0.0540 e. The summed E-state index contributed by atoms with van der Waals surface area (Å²) in [6.07, 6.45) is 8.12. The Morgan fingerprint density at radius 2 is 1.46 bits per heavy atom. The minimum Gasteiger partial charge on any atom is -0.393 e. The van der Waals surface area contributed by atoms with Gasteiger partial charge in [-0.15, -0.1) is 0 Å². The van der Waals surface area contributed by atoms with Crippen LogP contribution in [0.25, 0.3) is 0 Å². The first-order valence-electron chi connectivity index (χ1n) is 5.84. The topological polar surface area (TPSA) is 20.2 Å². The molecule has 0 aromatic carbocycles. The molecule has 1 N–H and O–H groups in total. The van der Waals surface area contributed by atoms with Crippen LogP contribution in [0.5, 0.6) is 0 Å². The van der Waals surface area contributed by atoms with Crippen molar-refractivity contribution in [3.8, 4) is 0 Å². The third-order valence-corrected chi connectivity index (χ3v) is 2.46. The first-order chi connectivity index (χ1) is 6.16. The molecule has 1 heteroatoms. The first kappa shape index (κ1) is 13.0. The molecule has 0 saturated heterocycles. The number of aliphatic hydroxyl groups excluding tert-OH is 1. The summed E-state index contributed by atoms with van der Waals surface area (Å²) in [5.74, 6) is 0.813. The largest absolute Gasteiger partial charge is 0.393 e. The standard InChI is InChI=1S/C12H26O/c1-4-5-9-12(13)10-7-6-8-11(2)3/h11-13H,4-10H2,1-3H3. The molecule has 13 heavy (non-hydrogen) atoms. The van der Waals surface area contributed by atoms with E-state index in [4.69, 9.17) is 0 Å². The fourth-order valence-electron chi connectivity index (χ4n) is 1.52. The van der Waals surface area contributed by atoms with Gasteiger partial charge in [0.15, 0.2) is 0 Å². The zero-order chi connectivity index (χ0) is 10.1. The molecule has 0 aromatic heterocycles. The lowest BCUT2D eigenvalue weighted by atomic mass is 10.0. The van der Waals surface area contributed by atoms with Crippen LogP contribution in [0.1, 0.15) is 65.7 Å². The third-order valence-electron chi connectivity index (χ3n) is 2.46. The van der Waals surface area contributed by atoms with Gasteiger partial charge < -0.3 is 5.11 Å². The van der Waals surface area contributed by atoms with Gasteiger partial charge in [-0.3, -0.25) is 0 Å². The maximum atomic E-state index is 9.55. The van der Waals surface area contributed by atoms with E-state index < -0.39 is 0 Å². The first-order valence-corrected chi connectivity index (χ1v) is 5.84. The molecule has 0 aromatic rings. The lowest BCUT2D eigenvalue weighted by molar-refractivity contribution is 0.147. The van der Waals surface area contributed by atoms with Crippen molar-refractivity contribution in [3.63, 3.8) is 0 Å². The molecule has 0 spiro atoms. The van der Waals surface area contributed by atoms with Gasteiger partial charge in [0.1, 0.15) is 0 Å². The van der Waals surface area contributed by atoms with Crippen molar-refractivity contribution in [3.05, 3.63) is 0 Å². The van der Waals surface area contributed by atoms with E-state index >= 15 is 0 Å². The zero-order valence-corrected chi connectivity index (χ0v) is 9.55. The normalized spacial score (nSPS) is 13.6. The summed E-state index contributed by atoms with van der Waals surface area (Å²) in [5.41, 5.74) is 0. The van der Waals surface area contributed by atoms with Gasteiger partial charge >= 0.3 is 0 Å². The third kappa shape index (κ3) is 9.88. The molecule has 1 unspecified atom stereocenters.